The summed E-state index contributed by atoms with van der Waals surface area (Å²) in [6.45, 7) is 3.43. The molecular formula is C19H24N6O. The van der Waals surface area contributed by atoms with Gasteiger partial charge in [0.25, 0.3) is 0 Å². The molecule has 26 heavy (non-hydrogen) atoms. The number of H-pyrrole nitrogens is 1. The van der Waals surface area contributed by atoms with Gasteiger partial charge in [0.2, 0.25) is 5.91 Å². The van der Waals surface area contributed by atoms with Gasteiger partial charge >= 0.3 is 0 Å². The maximum absolute atomic E-state index is 12.2. The molecule has 3 aromatic rings. The minimum atomic E-state index is 0.00755. The highest BCUT2D eigenvalue weighted by atomic mass is 16.1. The number of rotatable bonds is 5. The number of fused-ring (bicyclic) bond motifs is 2. The Morgan fingerprint density at radius 3 is 3.08 bits per heavy atom. The van der Waals surface area contributed by atoms with E-state index in [0.29, 0.717) is 19.4 Å². The van der Waals surface area contributed by atoms with Gasteiger partial charge in [-0.2, -0.15) is 0 Å². The molecule has 3 heterocycles. The van der Waals surface area contributed by atoms with E-state index in [9.17, 15) is 4.79 Å². The molecule has 1 aliphatic rings. The van der Waals surface area contributed by atoms with Crippen LogP contribution in [0.15, 0.2) is 18.2 Å². The summed E-state index contributed by atoms with van der Waals surface area (Å²) >= 11 is 0. The first kappa shape index (κ1) is 16.8. The van der Waals surface area contributed by atoms with Crippen molar-refractivity contribution < 1.29 is 4.79 Å². The third-order valence-corrected chi connectivity index (χ3v) is 4.98. The summed E-state index contributed by atoms with van der Waals surface area (Å²) in [6, 6.07) is 6.06. The molecule has 0 unspecified atom stereocenters. The van der Waals surface area contributed by atoms with Crippen LogP contribution >= 0.6 is 0 Å². The average molecular weight is 352 g/mol. The van der Waals surface area contributed by atoms with Crippen LogP contribution in [0, 0.1) is 6.92 Å². The van der Waals surface area contributed by atoms with Gasteiger partial charge in [0.05, 0.1) is 17.6 Å². The zero-order valence-electron chi connectivity index (χ0n) is 15.1. The van der Waals surface area contributed by atoms with Crippen LogP contribution in [0.1, 0.15) is 48.7 Å². The number of hydrogen-bond acceptors (Lipinski definition) is 4. The number of benzene rings is 1. The monoisotopic (exact) mass is 352 g/mol. The molecular weight excluding hydrogens is 328 g/mol. The van der Waals surface area contributed by atoms with Crippen molar-refractivity contribution in [3.05, 3.63) is 41.2 Å². The zero-order valence-corrected chi connectivity index (χ0v) is 15.1. The first-order valence-electron chi connectivity index (χ1n) is 9.32. The number of aromatic nitrogens is 5. The van der Waals surface area contributed by atoms with E-state index in [0.717, 1.165) is 53.5 Å². The second kappa shape index (κ2) is 7.27. The molecule has 136 valence electrons. The highest BCUT2D eigenvalue weighted by Crippen LogP contribution is 2.16. The third kappa shape index (κ3) is 3.47. The average Bonchev–Trinajstić information content (AvgIpc) is 3.16. The first-order chi connectivity index (χ1) is 12.7. The highest BCUT2D eigenvalue weighted by molar-refractivity contribution is 5.79. The Morgan fingerprint density at radius 1 is 1.27 bits per heavy atom. The van der Waals surface area contributed by atoms with E-state index < -0.39 is 0 Å². The van der Waals surface area contributed by atoms with Crippen molar-refractivity contribution in [3.8, 4) is 0 Å². The molecule has 7 heteroatoms. The van der Waals surface area contributed by atoms with Gasteiger partial charge in [-0.05, 0) is 31.4 Å². The number of hydrogen-bond donors (Lipinski definition) is 2. The van der Waals surface area contributed by atoms with Crippen LogP contribution in [0.4, 0.5) is 0 Å². The molecule has 0 saturated carbocycles. The topological polar surface area (TPSA) is 88.5 Å². The van der Waals surface area contributed by atoms with Crippen molar-refractivity contribution in [2.45, 2.75) is 58.5 Å². The smallest absolute Gasteiger partial charge is 0.220 e. The first-order valence-corrected chi connectivity index (χ1v) is 9.32. The third-order valence-electron chi connectivity index (χ3n) is 4.98. The van der Waals surface area contributed by atoms with Crippen molar-refractivity contribution in [2.75, 3.05) is 0 Å². The van der Waals surface area contributed by atoms with Gasteiger partial charge in [0, 0.05) is 25.8 Å². The Kier molecular flexibility index (Phi) is 4.69. The van der Waals surface area contributed by atoms with Crippen LogP contribution in [0.2, 0.25) is 0 Å². The Labute approximate surface area is 152 Å². The minimum absolute atomic E-state index is 0.00755. The summed E-state index contributed by atoms with van der Waals surface area (Å²) in [4.78, 5) is 20.1. The lowest BCUT2D eigenvalue weighted by molar-refractivity contribution is -0.121. The number of imidazole rings is 1. The maximum Gasteiger partial charge on any atom is 0.220 e. The molecule has 0 saturated heterocycles. The van der Waals surface area contributed by atoms with Gasteiger partial charge < -0.3 is 14.9 Å². The molecule has 1 aromatic carbocycles. The number of carbonyl (C=O) groups excluding carboxylic acids is 1. The number of amides is 1. The largest absolute Gasteiger partial charge is 0.349 e. The molecule has 0 radical (unpaired) electrons. The van der Waals surface area contributed by atoms with Gasteiger partial charge in [-0.3, -0.25) is 4.79 Å². The molecule has 2 aromatic heterocycles. The van der Waals surface area contributed by atoms with Crippen LogP contribution < -0.4 is 5.32 Å². The van der Waals surface area contributed by atoms with Crippen LogP contribution in [-0.2, 0) is 30.7 Å². The molecule has 0 atom stereocenters. The fraction of sp³-hybridized carbons (Fsp3) is 0.474. The van der Waals surface area contributed by atoms with Gasteiger partial charge in [0.15, 0.2) is 5.82 Å². The minimum Gasteiger partial charge on any atom is -0.349 e. The fourth-order valence-corrected chi connectivity index (χ4v) is 3.52. The molecule has 1 aliphatic heterocycles. The standard InChI is InChI=1S/C19H24N6O/c1-13-6-5-7-14-19(13)22-15(21-14)9-10-18(26)20-12-17-24-23-16-8-3-2-4-11-25(16)17/h5-7H,2-4,8-12H2,1H3,(H,20,26)(H,21,22). The quantitative estimate of drug-likeness (QED) is 0.738. The Morgan fingerprint density at radius 2 is 2.19 bits per heavy atom. The van der Waals surface area contributed by atoms with Crippen LogP contribution in [0.3, 0.4) is 0 Å². The van der Waals surface area contributed by atoms with Gasteiger partial charge in [-0.25, -0.2) is 4.98 Å². The summed E-state index contributed by atoms with van der Waals surface area (Å²) in [5, 5.41) is 11.5. The lowest BCUT2D eigenvalue weighted by atomic mass is 10.2. The lowest BCUT2D eigenvalue weighted by Crippen LogP contribution is -2.25. The second-order valence-corrected chi connectivity index (χ2v) is 6.93. The fourth-order valence-electron chi connectivity index (χ4n) is 3.52. The van der Waals surface area contributed by atoms with Crippen LogP contribution in [0.5, 0.6) is 0 Å². The number of para-hydroxylation sites is 1. The summed E-state index contributed by atoms with van der Waals surface area (Å²) in [6.07, 6.45) is 5.52. The highest BCUT2D eigenvalue weighted by Gasteiger charge is 2.15. The van der Waals surface area contributed by atoms with Crippen molar-refractivity contribution >= 4 is 16.9 Å². The number of aryl methyl sites for hydroxylation is 3. The summed E-state index contributed by atoms with van der Waals surface area (Å²) in [5.41, 5.74) is 3.14. The van der Waals surface area contributed by atoms with E-state index in [1.807, 2.05) is 25.1 Å². The predicted octanol–water partition coefficient (Wildman–Crippen LogP) is 2.44. The second-order valence-electron chi connectivity index (χ2n) is 6.93. The van der Waals surface area contributed by atoms with E-state index in [-0.39, 0.29) is 5.91 Å². The maximum atomic E-state index is 12.2. The predicted molar refractivity (Wildman–Crippen MR) is 98.6 cm³/mol. The Balaban J connectivity index is 1.33. The molecule has 7 nitrogen and oxygen atoms in total. The summed E-state index contributed by atoms with van der Waals surface area (Å²) in [5.74, 6) is 2.76. The van der Waals surface area contributed by atoms with E-state index in [2.05, 4.69) is 30.0 Å². The van der Waals surface area contributed by atoms with Crippen LogP contribution in [0.25, 0.3) is 11.0 Å². The lowest BCUT2D eigenvalue weighted by Gasteiger charge is -2.08. The molecule has 4 rings (SSSR count). The summed E-state index contributed by atoms with van der Waals surface area (Å²) in [7, 11) is 0. The van der Waals surface area contributed by atoms with Crippen LogP contribution in [-0.4, -0.2) is 30.6 Å². The molecule has 0 aliphatic carbocycles. The number of nitrogens with zero attached hydrogens (tertiary/aromatic N) is 4. The Bertz CT molecular complexity index is 925. The van der Waals surface area contributed by atoms with Crippen molar-refractivity contribution in [2.24, 2.45) is 0 Å². The van der Waals surface area contributed by atoms with Gasteiger partial charge in [0.1, 0.15) is 11.6 Å². The molecule has 1 amide bonds. The SMILES string of the molecule is Cc1cccc2[nH]c(CCC(=O)NCc3nnc4n3CCCCC4)nc12. The molecule has 0 bridgehead atoms. The normalized spacial score (nSPS) is 14.2. The van der Waals surface area contributed by atoms with E-state index in [1.54, 1.807) is 0 Å². The summed E-state index contributed by atoms with van der Waals surface area (Å²) < 4.78 is 2.16. The van der Waals surface area contributed by atoms with Gasteiger partial charge in [-0.1, -0.05) is 18.6 Å². The number of aromatic amines is 1. The van der Waals surface area contributed by atoms with E-state index in [4.69, 9.17) is 0 Å². The van der Waals surface area contributed by atoms with E-state index >= 15 is 0 Å². The molecule has 2 N–H and O–H groups in total. The zero-order chi connectivity index (χ0) is 17.9. The van der Waals surface area contributed by atoms with Crippen molar-refractivity contribution in [1.29, 1.82) is 0 Å². The number of carbonyl (C=O) groups is 1. The van der Waals surface area contributed by atoms with E-state index in [1.165, 1.54) is 12.8 Å². The van der Waals surface area contributed by atoms with Crippen molar-refractivity contribution in [3.63, 3.8) is 0 Å². The molecule has 0 fully saturated rings. The molecule has 0 spiro atoms. The number of nitrogens with one attached hydrogen (secondary N) is 2. The van der Waals surface area contributed by atoms with Gasteiger partial charge in [-0.15, -0.1) is 10.2 Å². The van der Waals surface area contributed by atoms with Crippen molar-refractivity contribution in [1.82, 2.24) is 30.0 Å². The Hall–Kier alpha value is -2.70.